The van der Waals surface area contributed by atoms with Crippen LogP contribution in [0.4, 0.5) is 0 Å². The number of benzene rings is 2. The van der Waals surface area contributed by atoms with E-state index in [2.05, 4.69) is 72.6 Å². The normalized spacial score (nSPS) is 17.9. The van der Waals surface area contributed by atoms with Crippen molar-refractivity contribution in [2.24, 2.45) is 5.92 Å². The number of amides is 2. The maximum Gasteiger partial charge on any atom is 0.262 e. The smallest absolute Gasteiger partial charge is 0.262 e. The lowest BCUT2D eigenvalue weighted by Crippen LogP contribution is -2.52. The molecule has 2 atom stereocenters. The molecule has 4 aromatic rings. The van der Waals surface area contributed by atoms with Gasteiger partial charge in [-0.3, -0.25) is 9.59 Å². The van der Waals surface area contributed by atoms with Crippen molar-refractivity contribution >= 4 is 23.2 Å². The van der Waals surface area contributed by atoms with Crippen LogP contribution in [0.1, 0.15) is 98.3 Å². The van der Waals surface area contributed by atoms with E-state index in [0.29, 0.717) is 16.6 Å². The lowest BCUT2D eigenvalue weighted by Gasteiger charge is -2.28. The average molecular weight is 669 g/mol. The van der Waals surface area contributed by atoms with Gasteiger partial charge in [-0.15, -0.1) is 11.3 Å². The van der Waals surface area contributed by atoms with E-state index in [9.17, 15) is 19.8 Å². The van der Waals surface area contributed by atoms with Crippen LogP contribution in [0.5, 0.6) is 0 Å². The first-order valence-corrected chi connectivity index (χ1v) is 17.8. The van der Waals surface area contributed by atoms with Crippen molar-refractivity contribution in [3.63, 3.8) is 0 Å². The molecule has 1 fully saturated rings. The quantitative estimate of drug-likeness (QED) is 0.128. The Balaban J connectivity index is 1.25. The summed E-state index contributed by atoms with van der Waals surface area (Å²) in [6, 6.07) is 18.3. The molecule has 2 aromatic heterocycles. The number of nitrogens with zero attached hydrogens (tertiary/aromatic N) is 2. The van der Waals surface area contributed by atoms with E-state index in [-0.39, 0.29) is 17.7 Å². The van der Waals surface area contributed by atoms with Crippen molar-refractivity contribution in [2.75, 3.05) is 0 Å². The van der Waals surface area contributed by atoms with E-state index in [1.807, 2.05) is 42.7 Å². The molecule has 0 aliphatic heterocycles. The van der Waals surface area contributed by atoms with Gasteiger partial charge in [0.25, 0.3) is 5.91 Å². The Morgan fingerprint density at radius 3 is 2.04 bits per heavy atom. The van der Waals surface area contributed by atoms with E-state index >= 15 is 0 Å². The topological polar surface area (TPSA) is 124 Å². The molecule has 9 heteroatoms. The summed E-state index contributed by atoms with van der Waals surface area (Å²) in [6.07, 6.45) is 8.67. The molecule has 0 unspecified atom stereocenters. The molecule has 5 rings (SSSR count). The molecule has 4 N–H and O–H groups in total. The molecule has 254 valence electrons. The maximum absolute atomic E-state index is 13.2. The highest BCUT2D eigenvalue weighted by Crippen LogP contribution is 2.37. The van der Waals surface area contributed by atoms with E-state index in [4.69, 9.17) is 0 Å². The summed E-state index contributed by atoms with van der Waals surface area (Å²) < 4.78 is 0. The number of carbonyl (C=O) groups is 2. The number of aromatic nitrogens is 2. The Morgan fingerprint density at radius 1 is 0.854 bits per heavy atom. The Labute approximate surface area is 288 Å². The zero-order chi connectivity index (χ0) is 34.4. The molecule has 1 aliphatic carbocycles. The van der Waals surface area contributed by atoms with Gasteiger partial charge in [0.1, 0.15) is 6.04 Å². The van der Waals surface area contributed by atoms with E-state index < -0.39 is 24.3 Å². The van der Waals surface area contributed by atoms with Gasteiger partial charge in [-0.25, -0.2) is 9.97 Å². The maximum atomic E-state index is 13.2. The molecule has 2 heterocycles. The van der Waals surface area contributed by atoms with Crippen LogP contribution in [-0.4, -0.2) is 50.4 Å². The van der Waals surface area contributed by atoms with Crippen LogP contribution in [0, 0.1) is 5.92 Å². The molecular formula is C39H48N4O4S. The number of nitrogens with one attached hydrogen (secondary N) is 2. The van der Waals surface area contributed by atoms with E-state index in [0.717, 1.165) is 33.0 Å². The Kier molecular flexibility index (Phi) is 11.5. The van der Waals surface area contributed by atoms with Crippen LogP contribution in [0.15, 0.2) is 73.1 Å². The molecule has 0 spiro atoms. The van der Waals surface area contributed by atoms with Crippen LogP contribution in [-0.2, 0) is 16.6 Å². The molecule has 8 nitrogen and oxygen atoms in total. The Morgan fingerprint density at radius 2 is 1.48 bits per heavy atom. The standard InChI is InChI=1S/C39H48N4O4S/c1-6-25-7-11-27(12-8-25)28-15-17-29(18-16-28)31-22-40-35(41-23-31)30-13-9-26(10-14-30)21-32(36(44)42-24(2)38(46)47)43-37(45)33-19-20-34(48-33)39(3,4)5/h9-10,13-20,22-25,27,32,38,46-47H,6-8,11-12,21H2,1-5H3,(H,42,44)(H,43,45)/t24-,25?,27?,32-/m1/s1. The van der Waals surface area contributed by atoms with Crippen molar-refractivity contribution in [1.29, 1.82) is 0 Å². The average Bonchev–Trinajstić information content (AvgIpc) is 3.60. The van der Waals surface area contributed by atoms with Gasteiger partial charge in [0.15, 0.2) is 12.1 Å². The summed E-state index contributed by atoms with van der Waals surface area (Å²) >= 11 is 1.40. The van der Waals surface area contributed by atoms with Gasteiger partial charge >= 0.3 is 0 Å². The zero-order valence-corrected chi connectivity index (χ0v) is 29.4. The highest BCUT2D eigenvalue weighted by Gasteiger charge is 2.27. The molecule has 48 heavy (non-hydrogen) atoms. The number of thiophene rings is 1. The molecule has 0 radical (unpaired) electrons. The minimum absolute atomic E-state index is 0.100. The number of aliphatic hydroxyl groups is 2. The molecule has 2 amide bonds. The predicted octanol–water partition coefficient (Wildman–Crippen LogP) is 7.01. The van der Waals surface area contributed by atoms with Gasteiger partial charge in [-0.1, -0.05) is 82.6 Å². The monoisotopic (exact) mass is 668 g/mol. The third-order valence-electron chi connectivity index (χ3n) is 9.45. The molecule has 1 aliphatic rings. The summed E-state index contributed by atoms with van der Waals surface area (Å²) in [5.74, 6) is 1.28. The second kappa shape index (κ2) is 15.5. The molecular weight excluding hydrogens is 621 g/mol. The molecule has 0 bridgehead atoms. The first-order valence-electron chi connectivity index (χ1n) is 17.0. The second-order valence-electron chi connectivity index (χ2n) is 14.1. The molecule has 1 saturated carbocycles. The SMILES string of the molecule is CCC1CCC(c2ccc(-c3cnc(-c4ccc(C[C@@H](NC(=O)c5ccc(C(C)(C)C)s5)C(=O)N[C@H](C)C(O)O)cc4)nc3)cc2)CC1. The summed E-state index contributed by atoms with van der Waals surface area (Å²) in [5, 5.41) is 24.5. The number of hydrogen-bond donors (Lipinski definition) is 4. The van der Waals surface area contributed by atoms with E-state index in [1.165, 1.54) is 55.9 Å². The van der Waals surface area contributed by atoms with Gasteiger partial charge in [0.2, 0.25) is 5.91 Å². The van der Waals surface area contributed by atoms with Gasteiger partial charge in [-0.05, 0) is 78.7 Å². The fraction of sp³-hybridized carbons (Fsp3) is 0.436. The van der Waals surface area contributed by atoms with Gasteiger partial charge in [0.05, 0.1) is 10.9 Å². The summed E-state index contributed by atoms with van der Waals surface area (Å²) in [4.78, 5) is 37.2. The Bertz CT molecular complexity index is 1650. The highest BCUT2D eigenvalue weighted by atomic mass is 32.1. The summed E-state index contributed by atoms with van der Waals surface area (Å²) in [7, 11) is 0. The van der Waals surface area contributed by atoms with Crippen molar-refractivity contribution in [3.8, 4) is 22.5 Å². The molecule has 0 saturated heterocycles. The van der Waals surface area contributed by atoms with Crippen molar-refractivity contribution < 1.29 is 19.8 Å². The van der Waals surface area contributed by atoms with Crippen LogP contribution >= 0.6 is 11.3 Å². The predicted molar refractivity (Wildman–Crippen MR) is 192 cm³/mol. The largest absolute Gasteiger partial charge is 0.366 e. The van der Waals surface area contributed by atoms with Gasteiger partial charge in [-0.2, -0.15) is 0 Å². The Hall–Kier alpha value is -3.92. The number of rotatable bonds is 11. The third kappa shape index (κ3) is 8.95. The number of hydrogen-bond acceptors (Lipinski definition) is 7. The van der Waals surface area contributed by atoms with Crippen LogP contribution in [0.25, 0.3) is 22.5 Å². The first-order chi connectivity index (χ1) is 22.9. The van der Waals surface area contributed by atoms with Crippen LogP contribution < -0.4 is 10.6 Å². The number of aliphatic hydroxyl groups excluding tert-OH is 1. The van der Waals surface area contributed by atoms with Crippen molar-refractivity contribution in [3.05, 3.63) is 93.9 Å². The van der Waals surface area contributed by atoms with Gasteiger partial charge < -0.3 is 20.8 Å². The van der Waals surface area contributed by atoms with E-state index in [1.54, 1.807) is 6.07 Å². The minimum Gasteiger partial charge on any atom is -0.366 e. The zero-order valence-electron chi connectivity index (χ0n) is 28.6. The third-order valence-corrected chi connectivity index (χ3v) is 11.0. The summed E-state index contributed by atoms with van der Waals surface area (Å²) in [5.41, 5.74) is 5.03. The fourth-order valence-corrected chi connectivity index (χ4v) is 7.17. The van der Waals surface area contributed by atoms with Crippen LogP contribution in [0.3, 0.4) is 0 Å². The highest BCUT2D eigenvalue weighted by molar-refractivity contribution is 7.14. The molecule has 2 aromatic carbocycles. The summed E-state index contributed by atoms with van der Waals surface area (Å²) in [6.45, 7) is 10.0. The van der Waals surface area contributed by atoms with Crippen molar-refractivity contribution in [1.82, 2.24) is 20.6 Å². The van der Waals surface area contributed by atoms with Crippen LogP contribution in [0.2, 0.25) is 0 Å². The fourth-order valence-electron chi connectivity index (χ4n) is 6.20. The second-order valence-corrected chi connectivity index (χ2v) is 15.2. The van der Waals surface area contributed by atoms with Gasteiger partial charge in [0, 0.05) is 34.8 Å². The lowest BCUT2D eigenvalue weighted by molar-refractivity contribution is -0.128. The van der Waals surface area contributed by atoms with Crippen molar-refractivity contribution in [2.45, 2.75) is 103 Å². The lowest BCUT2D eigenvalue weighted by atomic mass is 9.78. The first kappa shape index (κ1) is 35.4. The minimum atomic E-state index is -1.72. The number of carbonyl (C=O) groups excluding carboxylic acids is 2.